The van der Waals surface area contributed by atoms with Crippen molar-refractivity contribution in [1.82, 2.24) is 0 Å². The van der Waals surface area contributed by atoms with Gasteiger partial charge in [-0.3, -0.25) is 0 Å². The van der Waals surface area contributed by atoms with Crippen molar-refractivity contribution >= 4 is 17.3 Å². The topological polar surface area (TPSA) is 41.8 Å². The van der Waals surface area contributed by atoms with Crippen molar-refractivity contribution in [1.29, 1.82) is 0 Å². The van der Waals surface area contributed by atoms with E-state index in [1.807, 2.05) is 18.2 Å². The summed E-state index contributed by atoms with van der Waals surface area (Å²) in [5, 5.41) is 13.1. The Balaban J connectivity index is 1.54. The van der Waals surface area contributed by atoms with Gasteiger partial charge in [-0.05, 0) is 36.2 Å². The molecular formula is C18H20ClNO2. The van der Waals surface area contributed by atoms with Gasteiger partial charge < -0.3 is 9.94 Å². The minimum absolute atomic E-state index is 0.00845. The molecule has 0 radical (unpaired) electrons. The highest BCUT2D eigenvalue weighted by Gasteiger charge is 2.67. The molecular weight excluding hydrogens is 298 g/mol. The lowest BCUT2D eigenvalue weighted by molar-refractivity contribution is 0.0468. The fourth-order valence-electron chi connectivity index (χ4n) is 4.79. The highest BCUT2D eigenvalue weighted by Crippen LogP contribution is 2.64. The third-order valence-electron chi connectivity index (χ3n) is 5.78. The Labute approximate surface area is 135 Å². The number of nitrogens with zero attached hydrogens (tertiary/aromatic N) is 1. The van der Waals surface area contributed by atoms with Crippen LogP contribution in [0.5, 0.6) is 0 Å². The van der Waals surface area contributed by atoms with E-state index in [-0.39, 0.29) is 10.8 Å². The SMILES string of the molecule is O/N=C1\CC2C3C=CCC3C1(COCc1ccccc1)C2Cl. The van der Waals surface area contributed by atoms with Crippen LogP contribution in [-0.2, 0) is 11.3 Å². The first-order valence-corrected chi connectivity index (χ1v) is 8.35. The highest BCUT2D eigenvalue weighted by atomic mass is 35.5. The van der Waals surface area contributed by atoms with Gasteiger partial charge in [0.05, 0.1) is 29.7 Å². The largest absolute Gasteiger partial charge is 0.411 e. The molecule has 2 fully saturated rings. The molecule has 0 aliphatic heterocycles. The quantitative estimate of drug-likeness (QED) is 0.396. The maximum Gasteiger partial charge on any atom is 0.0717 e. The van der Waals surface area contributed by atoms with Crippen LogP contribution >= 0.6 is 11.6 Å². The van der Waals surface area contributed by atoms with Crippen molar-refractivity contribution in [3.63, 3.8) is 0 Å². The van der Waals surface area contributed by atoms with Crippen LogP contribution in [0.4, 0.5) is 0 Å². The molecule has 0 amide bonds. The monoisotopic (exact) mass is 317 g/mol. The zero-order valence-corrected chi connectivity index (χ0v) is 13.1. The van der Waals surface area contributed by atoms with Crippen LogP contribution in [0.15, 0.2) is 47.6 Å². The molecule has 1 aromatic rings. The summed E-state index contributed by atoms with van der Waals surface area (Å²) in [4.78, 5) is 0. The third-order valence-corrected chi connectivity index (χ3v) is 6.49. The van der Waals surface area contributed by atoms with Crippen molar-refractivity contribution in [2.24, 2.45) is 28.3 Å². The van der Waals surface area contributed by atoms with Crippen LogP contribution in [0.1, 0.15) is 18.4 Å². The Morgan fingerprint density at radius 1 is 1.32 bits per heavy atom. The van der Waals surface area contributed by atoms with Crippen molar-refractivity contribution in [3.05, 3.63) is 48.0 Å². The standard InChI is InChI=1S/C18H20ClNO2/c19-17-14-9-16(20-21)18(17,15-8-4-7-13(14)15)11-22-10-12-5-2-1-3-6-12/h1-7,13-15,17,21H,8-11H2/b20-16+. The summed E-state index contributed by atoms with van der Waals surface area (Å²) in [7, 11) is 0. The summed E-state index contributed by atoms with van der Waals surface area (Å²) < 4.78 is 6.03. The Morgan fingerprint density at radius 3 is 2.91 bits per heavy atom. The Hall–Kier alpha value is -1.32. The van der Waals surface area contributed by atoms with Gasteiger partial charge in [-0.2, -0.15) is 0 Å². The predicted molar refractivity (Wildman–Crippen MR) is 86.2 cm³/mol. The van der Waals surface area contributed by atoms with E-state index < -0.39 is 0 Å². The number of fused-ring (bicyclic) bond motifs is 5. The van der Waals surface area contributed by atoms with E-state index >= 15 is 0 Å². The number of rotatable bonds is 4. The molecule has 4 rings (SSSR count). The second kappa shape index (κ2) is 5.39. The number of hydrogen-bond donors (Lipinski definition) is 1. The first-order valence-electron chi connectivity index (χ1n) is 7.91. The van der Waals surface area contributed by atoms with E-state index in [1.165, 1.54) is 0 Å². The van der Waals surface area contributed by atoms with Crippen LogP contribution in [-0.4, -0.2) is 22.9 Å². The Morgan fingerprint density at radius 2 is 2.14 bits per heavy atom. The lowest BCUT2D eigenvalue weighted by Crippen LogP contribution is -2.43. The van der Waals surface area contributed by atoms with Gasteiger partial charge in [0.25, 0.3) is 0 Å². The van der Waals surface area contributed by atoms with Gasteiger partial charge in [0.2, 0.25) is 0 Å². The second-order valence-corrected chi connectivity index (χ2v) is 7.15. The molecule has 1 N–H and O–H groups in total. The number of halogens is 1. The molecule has 0 spiro atoms. The van der Waals surface area contributed by atoms with Gasteiger partial charge in [-0.1, -0.05) is 47.6 Å². The summed E-state index contributed by atoms with van der Waals surface area (Å²) in [6.45, 7) is 1.11. The van der Waals surface area contributed by atoms with Crippen molar-refractivity contribution < 1.29 is 9.94 Å². The van der Waals surface area contributed by atoms with E-state index in [9.17, 15) is 5.21 Å². The molecule has 3 nitrogen and oxygen atoms in total. The van der Waals surface area contributed by atoms with Gasteiger partial charge in [-0.25, -0.2) is 0 Å². The first kappa shape index (κ1) is 14.3. The molecule has 5 atom stereocenters. The molecule has 0 heterocycles. The Bertz CT molecular complexity index is 615. The Kier molecular flexibility index (Phi) is 3.50. The minimum atomic E-state index is -0.302. The van der Waals surface area contributed by atoms with Crippen LogP contribution < -0.4 is 0 Å². The summed E-state index contributed by atoms with van der Waals surface area (Å²) >= 11 is 6.78. The molecule has 2 bridgehead atoms. The van der Waals surface area contributed by atoms with Crippen LogP contribution in [0.25, 0.3) is 0 Å². The predicted octanol–water partition coefficient (Wildman–Crippen LogP) is 3.85. The molecule has 3 aliphatic carbocycles. The minimum Gasteiger partial charge on any atom is -0.411 e. The van der Waals surface area contributed by atoms with Gasteiger partial charge >= 0.3 is 0 Å². The number of hydrogen-bond acceptors (Lipinski definition) is 3. The molecule has 1 aromatic carbocycles. The van der Waals surface area contributed by atoms with Crippen molar-refractivity contribution in [2.45, 2.75) is 24.8 Å². The van der Waals surface area contributed by atoms with E-state index in [2.05, 4.69) is 29.4 Å². The molecule has 0 saturated heterocycles. The number of oxime groups is 1. The highest BCUT2D eigenvalue weighted by molar-refractivity contribution is 6.25. The number of allylic oxidation sites excluding steroid dienone is 2. The van der Waals surface area contributed by atoms with Gasteiger partial charge in [0.15, 0.2) is 0 Å². The first-order chi connectivity index (χ1) is 10.8. The van der Waals surface area contributed by atoms with Crippen LogP contribution in [0, 0.1) is 23.2 Å². The second-order valence-electron chi connectivity index (χ2n) is 6.68. The zero-order valence-electron chi connectivity index (χ0n) is 12.4. The smallest absolute Gasteiger partial charge is 0.0717 e. The molecule has 3 aliphatic rings. The van der Waals surface area contributed by atoms with E-state index in [0.29, 0.717) is 31.0 Å². The maximum absolute atomic E-state index is 9.46. The average Bonchev–Trinajstić information content (AvgIpc) is 3.19. The summed E-state index contributed by atoms with van der Waals surface area (Å²) in [6.07, 6.45) is 6.36. The molecule has 5 unspecified atom stereocenters. The zero-order chi connectivity index (χ0) is 15.2. The van der Waals surface area contributed by atoms with Gasteiger partial charge in [0.1, 0.15) is 0 Å². The molecule has 22 heavy (non-hydrogen) atoms. The van der Waals surface area contributed by atoms with Crippen LogP contribution in [0.3, 0.4) is 0 Å². The number of alkyl halides is 1. The maximum atomic E-state index is 9.46. The molecule has 4 heteroatoms. The van der Waals surface area contributed by atoms with Gasteiger partial charge in [-0.15, -0.1) is 11.6 Å². The average molecular weight is 318 g/mol. The van der Waals surface area contributed by atoms with Gasteiger partial charge in [0, 0.05) is 0 Å². The summed E-state index contributed by atoms with van der Waals surface area (Å²) in [5.41, 5.74) is 1.70. The lowest BCUT2D eigenvalue weighted by atomic mass is 9.70. The summed E-state index contributed by atoms with van der Waals surface area (Å²) in [6, 6.07) is 10.1. The summed E-state index contributed by atoms with van der Waals surface area (Å²) in [5.74, 6) is 1.33. The normalized spacial score (nSPS) is 40.5. The molecule has 2 saturated carbocycles. The fourth-order valence-corrected chi connectivity index (χ4v) is 5.40. The van der Waals surface area contributed by atoms with Crippen LogP contribution in [0.2, 0.25) is 0 Å². The van der Waals surface area contributed by atoms with E-state index in [1.54, 1.807) is 0 Å². The lowest BCUT2D eigenvalue weighted by Gasteiger charge is -2.36. The van der Waals surface area contributed by atoms with E-state index in [4.69, 9.17) is 16.3 Å². The van der Waals surface area contributed by atoms with Crippen molar-refractivity contribution in [3.8, 4) is 0 Å². The fraction of sp³-hybridized carbons (Fsp3) is 0.500. The molecule has 116 valence electrons. The van der Waals surface area contributed by atoms with Crippen molar-refractivity contribution in [2.75, 3.05) is 6.61 Å². The number of benzene rings is 1. The third kappa shape index (κ3) is 1.88. The van der Waals surface area contributed by atoms with E-state index in [0.717, 1.165) is 24.1 Å². The molecule has 0 aromatic heterocycles. The number of ether oxygens (including phenoxy) is 1.